The van der Waals surface area contributed by atoms with Crippen LogP contribution < -0.4 is 0 Å². The van der Waals surface area contributed by atoms with Gasteiger partial charge >= 0.3 is 0 Å². The van der Waals surface area contributed by atoms with Gasteiger partial charge in [-0.05, 0) is 48.5 Å². The fraction of sp³-hybridized carbons (Fsp3) is 0. The van der Waals surface area contributed by atoms with Crippen molar-refractivity contribution in [1.82, 2.24) is 9.13 Å². The fourth-order valence-electron chi connectivity index (χ4n) is 5.41. The third-order valence-electron chi connectivity index (χ3n) is 6.96. The van der Waals surface area contributed by atoms with Crippen LogP contribution in [0.5, 0.6) is 0 Å². The molecular formula is C32H18N4. The van der Waals surface area contributed by atoms with Crippen LogP contribution in [0.15, 0.2) is 109 Å². The van der Waals surface area contributed by atoms with Gasteiger partial charge in [0.2, 0.25) is 5.69 Å². The summed E-state index contributed by atoms with van der Waals surface area (Å²) in [4.78, 5) is 3.51. The molecule has 0 bridgehead atoms. The van der Waals surface area contributed by atoms with Gasteiger partial charge in [-0.15, -0.1) is 0 Å². The Kier molecular flexibility index (Phi) is 4.24. The molecule has 0 unspecified atom stereocenters. The van der Waals surface area contributed by atoms with E-state index in [0.29, 0.717) is 11.3 Å². The van der Waals surface area contributed by atoms with Crippen molar-refractivity contribution in [3.63, 3.8) is 0 Å². The smallest absolute Gasteiger partial charge is 0.204 e. The first-order chi connectivity index (χ1) is 17.8. The van der Waals surface area contributed by atoms with E-state index in [1.807, 2.05) is 24.3 Å². The summed E-state index contributed by atoms with van der Waals surface area (Å²) >= 11 is 0. The molecule has 0 saturated heterocycles. The molecule has 7 rings (SSSR count). The highest BCUT2D eigenvalue weighted by molar-refractivity contribution is 6.19. The van der Waals surface area contributed by atoms with E-state index in [4.69, 9.17) is 6.57 Å². The Bertz CT molecular complexity index is 2060. The summed E-state index contributed by atoms with van der Waals surface area (Å²) in [5.41, 5.74) is 7.20. The van der Waals surface area contributed by atoms with Crippen LogP contribution >= 0.6 is 0 Å². The first-order valence-electron chi connectivity index (χ1n) is 11.7. The van der Waals surface area contributed by atoms with E-state index >= 15 is 0 Å². The Morgan fingerprint density at radius 1 is 0.556 bits per heavy atom. The van der Waals surface area contributed by atoms with E-state index < -0.39 is 0 Å². The molecular weight excluding hydrogens is 440 g/mol. The lowest BCUT2D eigenvalue weighted by atomic mass is 10.1. The lowest BCUT2D eigenvalue weighted by Gasteiger charge is -2.10. The number of hydrogen-bond donors (Lipinski definition) is 0. The van der Waals surface area contributed by atoms with E-state index in [-0.39, 0.29) is 0 Å². The highest BCUT2D eigenvalue weighted by atomic mass is 15.0. The normalized spacial score (nSPS) is 11.3. The molecule has 4 nitrogen and oxygen atoms in total. The van der Waals surface area contributed by atoms with Gasteiger partial charge in [0.15, 0.2) is 0 Å². The molecule has 2 aromatic heterocycles. The van der Waals surface area contributed by atoms with Crippen LogP contribution in [0.3, 0.4) is 0 Å². The van der Waals surface area contributed by atoms with Crippen molar-refractivity contribution in [2.45, 2.75) is 0 Å². The van der Waals surface area contributed by atoms with Crippen molar-refractivity contribution in [2.75, 3.05) is 0 Å². The van der Waals surface area contributed by atoms with Crippen molar-refractivity contribution in [2.24, 2.45) is 0 Å². The van der Waals surface area contributed by atoms with Gasteiger partial charge in [-0.2, -0.15) is 5.26 Å². The largest absolute Gasteiger partial charge is 0.309 e. The number of fused-ring (bicyclic) bond motifs is 6. The van der Waals surface area contributed by atoms with Crippen LogP contribution in [-0.4, -0.2) is 9.13 Å². The zero-order valence-corrected chi connectivity index (χ0v) is 19.2. The molecule has 36 heavy (non-hydrogen) atoms. The molecule has 2 heterocycles. The van der Waals surface area contributed by atoms with Crippen molar-refractivity contribution in [3.8, 4) is 17.4 Å². The Labute approximate surface area is 207 Å². The number of rotatable bonds is 2. The number of benzene rings is 5. The maximum atomic E-state index is 9.66. The lowest BCUT2D eigenvalue weighted by Crippen LogP contribution is -1.95. The minimum Gasteiger partial charge on any atom is -0.309 e. The first kappa shape index (κ1) is 20.1. The van der Waals surface area contributed by atoms with E-state index in [0.717, 1.165) is 44.2 Å². The van der Waals surface area contributed by atoms with E-state index in [1.165, 1.54) is 10.8 Å². The summed E-state index contributed by atoms with van der Waals surface area (Å²) in [5.74, 6) is 0. The molecule has 166 valence electrons. The van der Waals surface area contributed by atoms with Gasteiger partial charge in [-0.3, -0.25) is 0 Å². The average molecular weight is 459 g/mol. The minimum absolute atomic E-state index is 0.371. The summed E-state index contributed by atoms with van der Waals surface area (Å²) in [6, 6.07) is 39.5. The quantitative estimate of drug-likeness (QED) is 0.240. The van der Waals surface area contributed by atoms with Crippen LogP contribution in [0, 0.1) is 17.9 Å². The number of nitriles is 1. The van der Waals surface area contributed by atoms with Crippen molar-refractivity contribution in [3.05, 3.63) is 126 Å². The molecule has 0 atom stereocenters. The minimum atomic E-state index is 0.371. The van der Waals surface area contributed by atoms with Crippen molar-refractivity contribution >= 4 is 49.3 Å². The third-order valence-corrected chi connectivity index (χ3v) is 6.96. The summed E-state index contributed by atoms with van der Waals surface area (Å²) in [6.45, 7) is 7.40. The first-order valence-corrected chi connectivity index (χ1v) is 11.7. The van der Waals surface area contributed by atoms with Crippen molar-refractivity contribution in [1.29, 1.82) is 5.26 Å². The highest BCUT2D eigenvalue weighted by Crippen LogP contribution is 2.39. The molecule has 0 aliphatic rings. The summed E-state index contributed by atoms with van der Waals surface area (Å²) in [6.07, 6.45) is 0. The average Bonchev–Trinajstić information content (AvgIpc) is 3.44. The topological polar surface area (TPSA) is 38.0 Å². The van der Waals surface area contributed by atoms with Crippen molar-refractivity contribution < 1.29 is 0 Å². The van der Waals surface area contributed by atoms with Crippen LogP contribution in [0.4, 0.5) is 5.69 Å². The van der Waals surface area contributed by atoms with E-state index in [9.17, 15) is 5.26 Å². The number of aromatic nitrogens is 2. The van der Waals surface area contributed by atoms with Gasteiger partial charge in [0.25, 0.3) is 0 Å². The van der Waals surface area contributed by atoms with Gasteiger partial charge in [-0.25, -0.2) is 4.85 Å². The molecule has 0 N–H and O–H groups in total. The number of nitrogens with zero attached hydrogens (tertiary/aromatic N) is 4. The van der Waals surface area contributed by atoms with Gasteiger partial charge in [0.1, 0.15) is 0 Å². The molecule has 0 fully saturated rings. The zero-order valence-electron chi connectivity index (χ0n) is 19.2. The van der Waals surface area contributed by atoms with Crippen LogP contribution in [0.1, 0.15) is 5.56 Å². The van der Waals surface area contributed by atoms with Gasteiger partial charge in [0, 0.05) is 32.9 Å². The second kappa shape index (κ2) is 7.60. The molecule has 0 spiro atoms. The summed E-state index contributed by atoms with van der Waals surface area (Å²) in [7, 11) is 0. The number of hydrogen-bond acceptors (Lipinski definition) is 1. The second-order valence-corrected chi connectivity index (χ2v) is 8.85. The maximum Gasteiger partial charge on any atom is 0.204 e. The van der Waals surface area contributed by atoms with Gasteiger partial charge < -0.3 is 9.13 Å². The SMILES string of the molecule is [C-]#[N+]c1ccc(-n2c3ccccc3c3cc4c(cc32)c2ccccc2n4-c2ccccc2)cc1C#N. The molecule has 0 amide bonds. The summed E-state index contributed by atoms with van der Waals surface area (Å²) < 4.78 is 4.53. The molecule has 7 aromatic rings. The Morgan fingerprint density at radius 2 is 1.11 bits per heavy atom. The van der Waals surface area contributed by atoms with Crippen LogP contribution in [0.25, 0.3) is 59.8 Å². The predicted molar refractivity (Wildman–Crippen MR) is 146 cm³/mol. The zero-order chi connectivity index (χ0) is 24.2. The molecule has 0 aliphatic carbocycles. The Morgan fingerprint density at radius 3 is 1.69 bits per heavy atom. The second-order valence-electron chi connectivity index (χ2n) is 8.85. The maximum absolute atomic E-state index is 9.66. The predicted octanol–water partition coefficient (Wildman–Crippen LogP) is 8.30. The van der Waals surface area contributed by atoms with E-state index in [2.05, 4.69) is 98.9 Å². The molecule has 0 saturated carbocycles. The molecule has 4 heteroatoms. The van der Waals surface area contributed by atoms with Gasteiger partial charge in [0.05, 0.1) is 40.3 Å². The monoisotopic (exact) mass is 458 g/mol. The molecule has 0 radical (unpaired) electrons. The van der Waals surface area contributed by atoms with Crippen LogP contribution in [0.2, 0.25) is 0 Å². The molecule has 0 aliphatic heterocycles. The Balaban J connectivity index is 1.66. The standard InChI is InChI=1S/C32H18N4/c1-34-28-16-15-23(17-21(28)20-33)36-30-14-8-6-12-25(30)27-18-31-26(19-32(27)36)24-11-5-7-13-29(24)35(31)22-9-3-2-4-10-22/h2-19H. The summed E-state index contributed by atoms with van der Waals surface area (Å²) in [5, 5.41) is 14.3. The highest BCUT2D eigenvalue weighted by Gasteiger charge is 2.18. The van der Waals surface area contributed by atoms with Gasteiger partial charge in [-0.1, -0.05) is 60.7 Å². The number of para-hydroxylation sites is 3. The Hall–Kier alpha value is -5.32. The van der Waals surface area contributed by atoms with Crippen LogP contribution in [-0.2, 0) is 0 Å². The fourth-order valence-corrected chi connectivity index (χ4v) is 5.41. The third kappa shape index (κ3) is 2.73. The lowest BCUT2D eigenvalue weighted by molar-refractivity contribution is 1.17. The molecule has 5 aromatic carbocycles. The van der Waals surface area contributed by atoms with E-state index in [1.54, 1.807) is 6.07 Å².